The molecule has 6 rings (SSSR count). The summed E-state index contributed by atoms with van der Waals surface area (Å²) in [6.07, 6.45) is 13.1. The maximum Gasteiger partial charge on any atom is 0.0765 e. The maximum atomic E-state index is 10.3. The molecule has 5 heteroatoms. The van der Waals surface area contributed by atoms with Gasteiger partial charge in [-0.25, -0.2) is 0 Å². The van der Waals surface area contributed by atoms with Gasteiger partial charge in [0.05, 0.1) is 37.6 Å². The van der Waals surface area contributed by atoms with Crippen LogP contribution in [0.3, 0.4) is 0 Å². The van der Waals surface area contributed by atoms with Gasteiger partial charge in [0, 0.05) is 32.2 Å². The van der Waals surface area contributed by atoms with Gasteiger partial charge >= 0.3 is 0 Å². The molecule has 2 saturated carbocycles. The Morgan fingerprint density at radius 2 is 1.97 bits per heavy atom. The summed E-state index contributed by atoms with van der Waals surface area (Å²) in [5.41, 5.74) is 5.31. The highest BCUT2D eigenvalue weighted by molar-refractivity contribution is 5.33. The molecule has 1 spiro atoms. The summed E-state index contributed by atoms with van der Waals surface area (Å²) >= 11 is 0. The van der Waals surface area contributed by atoms with E-state index in [9.17, 15) is 5.11 Å². The average molecular weight is 528 g/mol. The molecule has 5 nitrogen and oxygen atoms in total. The van der Waals surface area contributed by atoms with E-state index in [0.29, 0.717) is 42.6 Å². The predicted molar refractivity (Wildman–Crippen MR) is 151 cm³/mol. The summed E-state index contributed by atoms with van der Waals surface area (Å²) < 4.78 is 18.3. The SMILES string of the molecule is COCCOCCN1C[C@@H](C)C[C@H]2O[C@]3(CC[C@@H]4C(=C(C)C3)C[C@H]3[C@H]4CCC4=C[C@@H](O)CC[C@@]43C)[C@H](C)C21. The molecule has 0 aromatic heterocycles. The van der Waals surface area contributed by atoms with Crippen molar-refractivity contribution in [2.45, 2.75) is 109 Å². The van der Waals surface area contributed by atoms with E-state index in [1.165, 1.54) is 38.5 Å². The van der Waals surface area contributed by atoms with Gasteiger partial charge in [-0.1, -0.05) is 43.6 Å². The molecule has 38 heavy (non-hydrogen) atoms. The molecule has 2 saturated heterocycles. The first kappa shape index (κ1) is 27.4. The number of likely N-dealkylation sites (tertiary alicyclic amines) is 1. The smallest absolute Gasteiger partial charge is 0.0765 e. The van der Waals surface area contributed by atoms with Crippen LogP contribution in [0.5, 0.6) is 0 Å². The number of aliphatic hydroxyl groups excluding tert-OH is 1. The number of fused-ring (bicyclic) bond motifs is 6. The minimum absolute atomic E-state index is 0.00987. The first-order valence-corrected chi connectivity index (χ1v) is 15.8. The van der Waals surface area contributed by atoms with Crippen LogP contribution in [0, 0.1) is 35.0 Å². The third-order valence-electron chi connectivity index (χ3n) is 12.2. The zero-order valence-corrected chi connectivity index (χ0v) is 24.7. The Bertz CT molecular complexity index is 945. The number of nitrogens with zero attached hydrogens (tertiary/aromatic N) is 1. The Balaban J connectivity index is 1.20. The molecular weight excluding hydrogens is 474 g/mol. The van der Waals surface area contributed by atoms with E-state index in [1.807, 2.05) is 0 Å². The van der Waals surface area contributed by atoms with Gasteiger partial charge in [0.15, 0.2) is 0 Å². The second-order valence-electron chi connectivity index (χ2n) is 14.3. The van der Waals surface area contributed by atoms with Crippen LogP contribution in [0.4, 0.5) is 0 Å². The van der Waals surface area contributed by atoms with Gasteiger partial charge in [0.25, 0.3) is 0 Å². The summed E-state index contributed by atoms with van der Waals surface area (Å²) in [6, 6.07) is 0.510. The van der Waals surface area contributed by atoms with Crippen LogP contribution in [0.25, 0.3) is 0 Å². The van der Waals surface area contributed by atoms with Crippen LogP contribution in [-0.2, 0) is 14.2 Å². The van der Waals surface area contributed by atoms with Gasteiger partial charge in [-0.3, -0.25) is 4.90 Å². The maximum absolute atomic E-state index is 10.3. The summed E-state index contributed by atoms with van der Waals surface area (Å²) in [7, 11) is 1.74. The number of ether oxygens (including phenoxy) is 3. The van der Waals surface area contributed by atoms with Crippen molar-refractivity contribution < 1.29 is 19.3 Å². The topological polar surface area (TPSA) is 51.2 Å². The quantitative estimate of drug-likeness (QED) is 0.351. The van der Waals surface area contributed by atoms with Crippen molar-refractivity contribution in [1.29, 1.82) is 0 Å². The molecule has 4 aliphatic carbocycles. The Labute approximate surface area is 231 Å². The molecule has 6 aliphatic rings. The summed E-state index contributed by atoms with van der Waals surface area (Å²) in [6.45, 7) is 14.2. The Morgan fingerprint density at radius 1 is 1.13 bits per heavy atom. The second-order valence-corrected chi connectivity index (χ2v) is 14.3. The molecule has 0 aromatic carbocycles. The minimum Gasteiger partial charge on any atom is -0.389 e. The van der Waals surface area contributed by atoms with E-state index < -0.39 is 0 Å². The van der Waals surface area contributed by atoms with Gasteiger partial charge in [0.2, 0.25) is 0 Å². The summed E-state index contributed by atoms with van der Waals surface area (Å²) in [4.78, 5) is 2.71. The van der Waals surface area contributed by atoms with E-state index in [-0.39, 0.29) is 11.7 Å². The molecule has 214 valence electrons. The van der Waals surface area contributed by atoms with Crippen LogP contribution in [0.2, 0.25) is 0 Å². The van der Waals surface area contributed by atoms with E-state index >= 15 is 0 Å². The van der Waals surface area contributed by atoms with Gasteiger partial charge in [-0.15, -0.1) is 0 Å². The molecule has 4 fully saturated rings. The third kappa shape index (κ3) is 4.57. The molecule has 10 atom stereocenters. The highest BCUT2D eigenvalue weighted by atomic mass is 16.5. The van der Waals surface area contributed by atoms with Gasteiger partial charge in [-0.2, -0.15) is 0 Å². The molecule has 1 N–H and O–H groups in total. The van der Waals surface area contributed by atoms with Crippen molar-refractivity contribution in [3.8, 4) is 0 Å². The molecule has 1 unspecified atom stereocenters. The lowest BCUT2D eigenvalue weighted by Gasteiger charge is -2.49. The standard InChI is InChI=1S/C33H53NO4/c1-21-16-30-31(34(20-21)12-13-37-15-14-36-5)23(3)33(38-30)11-9-26-27-7-6-24-17-25(35)8-10-32(24,4)29(27)18-28(26)22(2)19-33/h17,21,23,25-27,29-31,35H,6-16,18-20H2,1-5H3/t21-,23+,25-,26-,27-,29-,30+,31?,32-,33-/m0/s1. The van der Waals surface area contributed by atoms with Crippen LogP contribution < -0.4 is 0 Å². The van der Waals surface area contributed by atoms with Crippen molar-refractivity contribution in [3.63, 3.8) is 0 Å². The Hall–Kier alpha value is -0.720. The first-order valence-electron chi connectivity index (χ1n) is 15.8. The zero-order valence-electron chi connectivity index (χ0n) is 24.7. The average Bonchev–Trinajstić information content (AvgIpc) is 3.34. The highest BCUT2D eigenvalue weighted by Gasteiger charge is 2.59. The summed E-state index contributed by atoms with van der Waals surface area (Å²) in [5.74, 6) is 3.53. The number of hydrogen-bond acceptors (Lipinski definition) is 5. The minimum atomic E-state index is -0.217. The fraction of sp³-hybridized carbons (Fsp3) is 0.879. The van der Waals surface area contributed by atoms with Gasteiger partial charge in [0.1, 0.15) is 0 Å². The number of aliphatic hydroxyl groups is 1. The highest BCUT2D eigenvalue weighted by Crippen LogP contribution is 2.64. The number of piperidine rings is 1. The van der Waals surface area contributed by atoms with E-state index in [4.69, 9.17) is 14.2 Å². The lowest BCUT2D eigenvalue weighted by Crippen LogP contribution is -2.52. The van der Waals surface area contributed by atoms with Crippen molar-refractivity contribution in [3.05, 3.63) is 22.8 Å². The monoisotopic (exact) mass is 527 g/mol. The van der Waals surface area contributed by atoms with Crippen molar-refractivity contribution in [1.82, 2.24) is 4.90 Å². The lowest BCUT2D eigenvalue weighted by atomic mass is 9.56. The molecule has 0 radical (unpaired) electrons. The number of allylic oxidation sites excluding steroid dienone is 2. The number of methoxy groups -OCH3 is 1. The Kier molecular flexibility index (Phi) is 7.65. The summed E-state index contributed by atoms with van der Waals surface area (Å²) in [5, 5.41) is 10.3. The molecule has 2 heterocycles. The Morgan fingerprint density at radius 3 is 2.79 bits per heavy atom. The largest absolute Gasteiger partial charge is 0.389 e. The zero-order chi connectivity index (χ0) is 26.7. The van der Waals surface area contributed by atoms with E-state index in [2.05, 4.69) is 38.7 Å². The molecule has 0 aromatic rings. The molecule has 0 amide bonds. The normalized spacial score (nSPS) is 46.8. The van der Waals surface area contributed by atoms with Crippen molar-refractivity contribution in [2.24, 2.45) is 35.0 Å². The van der Waals surface area contributed by atoms with Crippen LogP contribution >= 0.6 is 0 Å². The molecule has 2 aliphatic heterocycles. The van der Waals surface area contributed by atoms with Crippen LogP contribution in [0.1, 0.15) is 85.5 Å². The van der Waals surface area contributed by atoms with Gasteiger partial charge < -0.3 is 19.3 Å². The second kappa shape index (κ2) is 10.6. The van der Waals surface area contributed by atoms with Gasteiger partial charge in [-0.05, 0) is 93.8 Å². The molecule has 0 bridgehead atoms. The lowest BCUT2D eigenvalue weighted by molar-refractivity contribution is -0.0806. The third-order valence-corrected chi connectivity index (χ3v) is 12.2. The van der Waals surface area contributed by atoms with Crippen molar-refractivity contribution >= 4 is 0 Å². The van der Waals surface area contributed by atoms with E-state index in [0.717, 1.165) is 56.7 Å². The fourth-order valence-corrected chi connectivity index (χ4v) is 10.3. The predicted octanol–water partition coefficient (Wildman–Crippen LogP) is 5.77. The van der Waals surface area contributed by atoms with Crippen LogP contribution in [0.15, 0.2) is 22.8 Å². The number of hydrogen-bond donors (Lipinski definition) is 1. The fourth-order valence-electron chi connectivity index (χ4n) is 10.3. The molecular formula is C33H53NO4. The van der Waals surface area contributed by atoms with E-state index in [1.54, 1.807) is 23.8 Å². The number of rotatable bonds is 6. The van der Waals surface area contributed by atoms with Crippen LogP contribution in [-0.4, -0.2) is 73.9 Å². The first-order chi connectivity index (χ1) is 18.3. The van der Waals surface area contributed by atoms with Crippen molar-refractivity contribution in [2.75, 3.05) is 40.0 Å².